The molecule has 0 aliphatic heterocycles. The molecule has 0 heterocycles. The van der Waals surface area contributed by atoms with Gasteiger partial charge in [-0.2, -0.15) is 10.5 Å². The van der Waals surface area contributed by atoms with Crippen molar-refractivity contribution in [2.45, 2.75) is 51.3 Å². The maximum absolute atomic E-state index is 13.4. The molecule has 5 nitrogen and oxygen atoms in total. The Kier molecular flexibility index (Phi) is 4.61. The maximum atomic E-state index is 13.4. The highest BCUT2D eigenvalue weighted by Gasteiger charge is 2.77. The average Bonchev–Trinajstić information content (AvgIpc) is 2.79. The third-order valence-corrected chi connectivity index (χ3v) is 7.57. The van der Waals surface area contributed by atoms with Crippen LogP contribution in [-0.2, 0) is 9.59 Å². The Balaban J connectivity index is 2.41. The molecule has 1 amide bonds. The van der Waals surface area contributed by atoms with E-state index in [9.17, 15) is 9.59 Å². The summed E-state index contributed by atoms with van der Waals surface area (Å²) in [6, 6.07) is 4.11. The number of rotatable bonds is 5. The number of carbonyl (C=O) groups is 2. The number of hydrogen-bond donors (Lipinski definition) is 0. The van der Waals surface area contributed by atoms with E-state index in [4.69, 9.17) is 10.5 Å². The minimum absolute atomic E-state index is 0.0931. The van der Waals surface area contributed by atoms with Crippen molar-refractivity contribution in [1.82, 2.24) is 4.90 Å². The molecular weight excluding hydrogens is 358 g/mol. The van der Waals surface area contributed by atoms with E-state index in [0.29, 0.717) is 25.9 Å². The highest BCUT2D eigenvalue weighted by Crippen LogP contribution is 2.72. The molecule has 6 heteroatoms. The van der Waals surface area contributed by atoms with Gasteiger partial charge in [-0.3, -0.25) is 9.59 Å². The Morgan fingerprint density at radius 2 is 1.74 bits per heavy atom. The van der Waals surface area contributed by atoms with Gasteiger partial charge in [0.05, 0.1) is 35.2 Å². The number of ketones is 1. The van der Waals surface area contributed by atoms with Crippen LogP contribution >= 0.6 is 15.9 Å². The number of hydrogen-bond acceptors (Lipinski definition) is 4. The van der Waals surface area contributed by atoms with Gasteiger partial charge in [0.15, 0.2) is 5.78 Å². The smallest absolute Gasteiger partial charge is 0.231 e. The first-order valence-electron chi connectivity index (χ1n) is 7.92. The number of carbonyl (C=O) groups excluding carboxylic acids is 2. The van der Waals surface area contributed by atoms with Crippen LogP contribution in [-0.4, -0.2) is 34.5 Å². The van der Waals surface area contributed by atoms with Crippen molar-refractivity contribution in [2.75, 3.05) is 13.1 Å². The van der Waals surface area contributed by atoms with Gasteiger partial charge in [-0.25, -0.2) is 0 Å². The van der Waals surface area contributed by atoms with Crippen LogP contribution in [0.1, 0.15) is 46.5 Å². The summed E-state index contributed by atoms with van der Waals surface area (Å²) in [7, 11) is 0. The van der Waals surface area contributed by atoms with E-state index < -0.39 is 21.1 Å². The van der Waals surface area contributed by atoms with Crippen LogP contribution in [0.25, 0.3) is 0 Å². The Bertz CT molecular complexity index is 600. The highest BCUT2D eigenvalue weighted by molar-refractivity contribution is 9.10. The molecule has 0 aromatic heterocycles. The minimum atomic E-state index is -0.788. The second-order valence-corrected chi connectivity index (χ2v) is 8.18. The zero-order valence-corrected chi connectivity index (χ0v) is 15.4. The van der Waals surface area contributed by atoms with Gasteiger partial charge in [0.1, 0.15) is 0 Å². The number of nitriles is 2. The zero-order chi connectivity index (χ0) is 17.5. The van der Waals surface area contributed by atoms with Gasteiger partial charge in [0.25, 0.3) is 0 Å². The van der Waals surface area contributed by atoms with E-state index in [1.807, 2.05) is 20.8 Å². The molecule has 0 N–H and O–H groups in total. The predicted octanol–water partition coefficient (Wildman–Crippen LogP) is 2.80. The Hall–Kier alpha value is -1.40. The minimum Gasteiger partial charge on any atom is -0.340 e. The van der Waals surface area contributed by atoms with Gasteiger partial charge in [-0.15, -0.1) is 0 Å². The van der Waals surface area contributed by atoms with Crippen molar-refractivity contribution < 1.29 is 9.59 Å². The molecule has 0 aromatic carbocycles. The number of nitrogens with zero attached hydrogens (tertiary/aromatic N) is 3. The van der Waals surface area contributed by atoms with Crippen LogP contribution < -0.4 is 0 Å². The van der Waals surface area contributed by atoms with Crippen LogP contribution in [0.4, 0.5) is 0 Å². The highest BCUT2D eigenvalue weighted by atomic mass is 79.9. The van der Waals surface area contributed by atoms with Gasteiger partial charge in [-0.05, 0) is 18.3 Å². The van der Waals surface area contributed by atoms with Gasteiger partial charge >= 0.3 is 0 Å². The molecule has 2 saturated carbocycles. The number of Topliss-reactive ketones (excluding diaryl/α,β-unsaturated/α-hetero) is 1. The third-order valence-electron chi connectivity index (χ3n) is 6.38. The van der Waals surface area contributed by atoms with Gasteiger partial charge in [-0.1, -0.05) is 36.7 Å². The molecular formula is C17H22BrN3O2. The summed E-state index contributed by atoms with van der Waals surface area (Å²) < 4.78 is 0. The van der Waals surface area contributed by atoms with Crippen LogP contribution in [0.3, 0.4) is 0 Å². The van der Waals surface area contributed by atoms with E-state index in [0.717, 1.165) is 0 Å². The molecule has 0 radical (unpaired) electrons. The maximum Gasteiger partial charge on any atom is 0.231 e. The first-order chi connectivity index (χ1) is 10.7. The molecule has 2 fully saturated rings. The summed E-state index contributed by atoms with van der Waals surface area (Å²) in [5.41, 5.74) is -1.75. The molecule has 124 valence electrons. The summed E-state index contributed by atoms with van der Waals surface area (Å²) in [6.45, 7) is 6.58. The lowest BCUT2D eigenvalue weighted by molar-refractivity contribution is -0.147. The molecule has 2 aliphatic carbocycles. The number of amides is 1. The molecule has 3 atom stereocenters. The monoisotopic (exact) mass is 379 g/mol. The fourth-order valence-electron chi connectivity index (χ4n) is 4.39. The fraction of sp³-hybridized carbons (Fsp3) is 0.765. The Labute approximate surface area is 145 Å². The lowest BCUT2D eigenvalue weighted by Gasteiger charge is -2.42. The quantitative estimate of drug-likeness (QED) is 0.687. The van der Waals surface area contributed by atoms with Crippen LogP contribution in [0.5, 0.6) is 0 Å². The zero-order valence-electron chi connectivity index (χ0n) is 13.9. The van der Waals surface area contributed by atoms with E-state index in [1.54, 1.807) is 4.90 Å². The van der Waals surface area contributed by atoms with Gasteiger partial charge in [0.2, 0.25) is 5.91 Å². The van der Waals surface area contributed by atoms with E-state index in [1.165, 1.54) is 0 Å². The second-order valence-electron chi connectivity index (χ2n) is 7.26. The van der Waals surface area contributed by atoms with Gasteiger partial charge in [0, 0.05) is 18.5 Å². The van der Waals surface area contributed by atoms with Gasteiger partial charge < -0.3 is 4.90 Å². The lowest BCUT2D eigenvalue weighted by Crippen LogP contribution is -2.52. The van der Waals surface area contributed by atoms with Crippen molar-refractivity contribution in [1.29, 1.82) is 10.5 Å². The molecule has 0 saturated heterocycles. The largest absolute Gasteiger partial charge is 0.340 e. The Morgan fingerprint density at radius 1 is 1.22 bits per heavy atom. The summed E-state index contributed by atoms with van der Waals surface area (Å²) in [5.74, 6) is 0.00654. The number of fused-ring (bicyclic) bond motifs is 2. The molecule has 2 rings (SSSR count). The van der Waals surface area contributed by atoms with Crippen LogP contribution in [0.2, 0.25) is 0 Å². The predicted molar refractivity (Wildman–Crippen MR) is 88.3 cm³/mol. The number of halogens is 1. The molecule has 3 unspecified atom stereocenters. The normalized spacial score (nSPS) is 34.0. The molecule has 0 spiro atoms. The van der Waals surface area contributed by atoms with E-state index >= 15 is 0 Å². The first-order valence-corrected chi connectivity index (χ1v) is 8.84. The third kappa shape index (κ3) is 2.15. The van der Waals surface area contributed by atoms with Crippen molar-refractivity contribution >= 4 is 27.6 Å². The standard InChI is InChI=1S/C17H22BrN3O2/c1-15(2)16(3)6-7-17(15,12(18)13(16)22)14(23)21(10-4-8-19)11-5-9-20/h12H,4-7,10-11H2,1-3H3. The summed E-state index contributed by atoms with van der Waals surface area (Å²) in [4.78, 5) is 27.2. The average molecular weight is 380 g/mol. The van der Waals surface area contributed by atoms with Crippen molar-refractivity contribution in [3.8, 4) is 12.1 Å². The summed E-state index contributed by atoms with van der Waals surface area (Å²) in [5, 5.41) is 17.7. The first kappa shape index (κ1) is 17.9. The topological polar surface area (TPSA) is 85.0 Å². The van der Waals surface area contributed by atoms with Crippen molar-refractivity contribution in [2.24, 2.45) is 16.2 Å². The SMILES string of the molecule is CC12CCC(C(=O)N(CCC#N)CCC#N)(C(Br)C1=O)C2(C)C. The van der Waals surface area contributed by atoms with Crippen LogP contribution in [0.15, 0.2) is 0 Å². The van der Waals surface area contributed by atoms with Crippen molar-refractivity contribution in [3.05, 3.63) is 0 Å². The fourth-order valence-corrected chi connectivity index (χ4v) is 5.89. The molecule has 2 bridgehead atoms. The lowest BCUT2D eigenvalue weighted by atomic mass is 9.64. The molecule has 2 aliphatic rings. The summed E-state index contributed by atoms with van der Waals surface area (Å²) in [6.07, 6.45) is 1.82. The summed E-state index contributed by atoms with van der Waals surface area (Å²) >= 11 is 3.51. The molecule has 23 heavy (non-hydrogen) atoms. The van der Waals surface area contributed by atoms with Crippen molar-refractivity contribution in [3.63, 3.8) is 0 Å². The van der Waals surface area contributed by atoms with Crippen LogP contribution in [0, 0.1) is 38.9 Å². The second kappa shape index (κ2) is 5.91. The van der Waals surface area contributed by atoms with E-state index in [-0.39, 0.29) is 24.5 Å². The number of alkyl halides is 1. The molecule has 0 aromatic rings. The Morgan fingerprint density at radius 3 is 2.13 bits per heavy atom. The van der Waals surface area contributed by atoms with E-state index in [2.05, 4.69) is 28.1 Å².